The van der Waals surface area contributed by atoms with Crippen LogP contribution in [0.4, 0.5) is 5.69 Å². The SMILES string of the molecule is CN1CCC/C1=N\S(=O)(=O)c1cccc(NC(=O)C2CCCC2)c1. The molecule has 0 atom stereocenters. The Morgan fingerprint density at radius 3 is 2.67 bits per heavy atom. The van der Waals surface area contributed by atoms with Gasteiger partial charge in [-0.3, -0.25) is 4.79 Å². The molecule has 1 aliphatic carbocycles. The Morgan fingerprint density at radius 1 is 1.25 bits per heavy atom. The quantitative estimate of drug-likeness (QED) is 0.906. The number of carbonyl (C=O) groups excluding carboxylic acids is 1. The second-order valence-corrected chi connectivity index (χ2v) is 8.11. The van der Waals surface area contributed by atoms with Gasteiger partial charge in [0.15, 0.2) is 0 Å². The number of nitrogens with one attached hydrogen (secondary N) is 1. The number of benzene rings is 1. The van der Waals surface area contributed by atoms with Crippen LogP contribution in [-0.2, 0) is 14.8 Å². The number of sulfonamides is 1. The molecule has 1 saturated heterocycles. The monoisotopic (exact) mass is 349 g/mol. The van der Waals surface area contributed by atoms with Crippen LogP contribution < -0.4 is 5.32 Å². The maximum Gasteiger partial charge on any atom is 0.284 e. The summed E-state index contributed by atoms with van der Waals surface area (Å²) in [6.45, 7) is 0.825. The molecule has 1 N–H and O–H groups in total. The van der Waals surface area contributed by atoms with Crippen LogP contribution in [0.1, 0.15) is 38.5 Å². The topological polar surface area (TPSA) is 78.8 Å². The number of hydrogen-bond donors (Lipinski definition) is 1. The predicted molar refractivity (Wildman–Crippen MR) is 93.5 cm³/mol. The third-order valence-electron chi connectivity index (χ3n) is 4.69. The highest BCUT2D eigenvalue weighted by molar-refractivity contribution is 7.90. The fourth-order valence-corrected chi connectivity index (χ4v) is 4.41. The molecule has 6 nitrogen and oxygen atoms in total. The lowest BCUT2D eigenvalue weighted by Gasteiger charge is -2.12. The minimum atomic E-state index is -3.76. The van der Waals surface area contributed by atoms with Crippen molar-refractivity contribution in [1.29, 1.82) is 0 Å². The molecule has 1 amide bonds. The van der Waals surface area contributed by atoms with Crippen molar-refractivity contribution in [3.05, 3.63) is 24.3 Å². The molecule has 1 saturated carbocycles. The largest absolute Gasteiger partial charge is 0.362 e. The summed E-state index contributed by atoms with van der Waals surface area (Å²) in [4.78, 5) is 14.2. The zero-order valence-corrected chi connectivity index (χ0v) is 14.7. The number of rotatable bonds is 4. The Morgan fingerprint density at radius 2 is 2.00 bits per heavy atom. The summed E-state index contributed by atoms with van der Waals surface area (Å²) in [7, 11) is -1.91. The van der Waals surface area contributed by atoms with E-state index in [4.69, 9.17) is 0 Å². The molecule has 1 heterocycles. The van der Waals surface area contributed by atoms with Crippen LogP contribution >= 0.6 is 0 Å². The van der Waals surface area contributed by atoms with Gasteiger partial charge in [0.25, 0.3) is 10.0 Å². The number of likely N-dealkylation sites (tertiary alicyclic amines) is 1. The first-order valence-corrected chi connectivity index (χ1v) is 9.85. The fraction of sp³-hybridized carbons (Fsp3) is 0.529. The van der Waals surface area contributed by atoms with Gasteiger partial charge in [-0.05, 0) is 37.5 Å². The third kappa shape index (κ3) is 3.77. The van der Waals surface area contributed by atoms with Crippen LogP contribution in [0.5, 0.6) is 0 Å². The van der Waals surface area contributed by atoms with E-state index in [9.17, 15) is 13.2 Å². The van der Waals surface area contributed by atoms with Gasteiger partial charge in [0, 0.05) is 31.6 Å². The second-order valence-electron chi connectivity index (χ2n) is 6.51. The molecule has 1 aromatic rings. The highest BCUT2D eigenvalue weighted by atomic mass is 32.2. The van der Waals surface area contributed by atoms with E-state index in [2.05, 4.69) is 9.71 Å². The second kappa shape index (κ2) is 6.93. The van der Waals surface area contributed by atoms with Crippen LogP contribution in [0.15, 0.2) is 33.6 Å². The molecule has 7 heteroatoms. The Bertz CT molecular complexity index is 752. The Labute approximate surface area is 143 Å². The Kier molecular flexibility index (Phi) is 4.89. The number of amidine groups is 1. The molecule has 0 unspecified atom stereocenters. The smallest absolute Gasteiger partial charge is 0.284 e. The van der Waals surface area contributed by atoms with Gasteiger partial charge in [0.1, 0.15) is 5.84 Å². The van der Waals surface area contributed by atoms with E-state index in [0.29, 0.717) is 17.9 Å². The maximum atomic E-state index is 12.5. The first-order valence-electron chi connectivity index (χ1n) is 8.41. The maximum absolute atomic E-state index is 12.5. The van der Waals surface area contributed by atoms with E-state index in [0.717, 1.165) is 38.6 Å². The molecule has 2 fully saturated rings. The lowest BCUT2D eigenvalue weighted by molar-refractivity contribution is -0.119. The van der Waals surface area contributed by atoms with Crippen molar-refractivity contribution in [2.45, 2.75) is 43.4 Å². The number of nitrogens with zero attached hydrogens (tertiary/aromatic N) is 2. The summed E-state index contributed by atoms with van der Waals surface area (Å²) in [5.41, 5.74) is 0.507. The summed E-state index contributed by atoms with van der Waals surface area (Å²) in [6, 6.07) is 6.34. The first kappa shape index (κ1) is 17.0. The van der Waals surface area contributed by atoms with Crippen molar-refractivity contribution in [3.63, 3.8) is 0 Å². The van der Waals surface area contributed by atoms with Gasteiger partial charge in [-0.2, -0.15) is 8.42 Å². The molecule has 1 aliphatic heterocycles. The molecule has 0 bridgehead atoms. The van der Waals surface area contributed by atoms with E-state index in [1.54, 1.807) is 12.1 Å². The molecule has 3 rings (SSSR count). The number of hydrogen-bond acceptors (Lipinski definition) is 3. The van der Waals surface area contributed by atoms with Gasteiger partial charge in [-0.15, -0.1) is 4.40 Å². The van der Waals surface area contributed by atoms with Crippen LogP contribution in [0.2, 0.25) is 0 Å². The molecule has 24 heavy (non-hydrogen) atoms. The summed E-state index contributed by atoms with van der Waals surface area (Å²) in [6.07, 6.45) is 5.57. The van der Waals surface area contributed by atoms with Gasteiger partial charge in [0.05, 0.1) is 4.90 Å². The van der Waals surface area contributed by atoms with E-state index in [-0.39, 0.29) is 16.7 Å². The minimum Gasteiger partial charge on any atom is -0.362 e. The summed E-state index contributed by atoms with van der Waals surface area (Å²) in [5.74, 6) is 0.608. The third-order valence-corrected chi connectivity index (χ3v) is 5.99. The van der Waals surface area contributed by atoms with Crippen molar-refractivity contribution in [2.24, 2.45) is 10.3 Å². The van der Waals surface area contributed by atoms with Gasteiger partial charge in [0.2, 0.25) is 5.91 Å². The first-order chi connectivity index (χ1) is 11.5. The lowest BCUT2D eigenvalue weighted by atomic mass is 10.1. The number of amides is 1. The average molecular weight is 349 g/mol. The summed E-state index contributed by atoms with van der Waals surface area (Å²) in [5, 5.41) is 2.84. The van der Waals surface area contributed by atoms with Crippen LogP contribution in [0.25, 0.3) is 0 Å². The molecular weight excluding hydrogens is 326 g/mol. The summed E-state index contributed by atoms with van der Waals surface area (Å²) >= 11 is 0. The highest BCUT2D eigenvalue weighted by Gasteiger charge is 2.24. The van der Waals surface area contributed by atoms with Gasteiger partial charge < -0.3 is 10.2 Å². The van der Waals surface area contributed by atoms with Gasteiger partial charge in [-0.25, -0.2) is 0 Å². The van der Waals surface area contributed by atoms with Gasteiger partial charge in [-0.1, -0.05) is 18.9 Å². The summed E-state index contributed by atoms with van der Waals surface area (Å²) < 4.78 is 29.0. The van der Waals surface area contributed by atoms with Crippen molar-refractivity contribution in [2.75, 3.05) is 18.9 Å². The fourth-order valence-electron chi connectivity index (χ4n) is 3.27. The minimum absolute atomic E-state index is 0.0242. The van der Waals surface area contributed by atoms with Crippen molar-refractivity contribution >= 4 is 27.5 Å². The molecule has 0 radical (unpaired) electrons. The van der Waals surface area contributed by atoms with Gasteiger partial charge >= 0.3 is 0 Å². The van der Waals surface area contributed by atoms with E-state index >= 15 is 0 Å². The zero-order chi connectivity index (χ0) is 17.2. The van der Waals surface area contributed by atoms with Crippen molar-refractivity contribution in [1.82, 2.24) is 4.90 Å². The molecule has 130 valence electrons. The van der Waals surface area contributed by atoms with Crippen molar-refractivity contribution in [3.8, 4) is 0 Å². The standard InChI is InChI=1S/C17H23N3O3S/c1-20-11-5-10-16(20)19-24(22,23)15-9-4-8-14(12-15)18-17(21)13-6-2-3-7-13/h4,8-9,12-13H,2-3,5-7,10-11H2,1H3,(H,18,21)/b19-16+. The van der Waals surface area contributed by atoms with Crippen LogP contribution in [0, 0.1) is 5.92 Å². The Balaban J connectivity index is 1.78. The van der Waals surface area contributed by atoms with E-state index in [1.807, 2.05) is 11.9 Å². The number of anilines is 1. The van der Waals surface area contributed by atoms with E-state index in [1.165, 1.54) is 12.1 Å². The van der Waals surface area contributed by atoms with Crippen LogP contribution in [0.3, 0.4) is 0 Å². The van der Waals surface area contributed by atoms with Crippen molar-refractivity contribution < 1.29 is 13.2 Å². The molecule has 0 aromatic heterocycles. The molecule has 1 aromatic carbocycles. The molecular formula is C17H23N3O3S. The zero-order valence-electron chi connectivity index (χ0n) is 13.9. The van der Waals surface area contributed by atoms with E-state index < -0.39 is 10.0 Å². The van der Waals surface area contributed by atoms with Crippen LogP contribution in [-0.4, -0.2) is 38.7 Å². The Hall–Kier alpha value is -1.89. The number of carbonyl (C=O) groups is 1. The lowest BCUT2D eigenvalue weighted by Crippen LogP contribution is -2.21. The molecule has 2 aliphatic rings. The average Bonchev–Trinajstić information content (AvgIpc) is 3.20. The predicted octanol–water partition coefficient (Wildman–Crippen LogP) is 2.63. The molecule has 0 spiro atoms. The normalized spacial score (nSPS) is 20.7. The highest BCUT2D eigenvalue weighted by Crippen LogP contribution is 2.26.